The van der Waals surface area contributed by atoms with Crippen LogP contribution in [0.15, 0.2) is 47.1 Å². The number of hydrogen-bond donors (Lipinski definition) is 3. The van der Waals surface area contributed by atoms with Crippen LogP contribution >= 0.6 is 0 Å². The number of nitrogens with zero attached hydrogens (tertiary/aromatic N) is 1. The summed E-state index contributed by atoms with van der Waals surface area (Å²) in [4.78, 5) is 30.6. The fourth-order valence-corrected chi connectivity index (χ4v) is 8.63. The molecule has 0 aliphatic heterocycles. The number of carbonyl (C=O) groups excluding carboxylic acids is 2. The van der Waals surface area contributed by atoms with Crippen molar-refractivity contribution >= 4 is 17.6 Å². The van der Waals surface area contributed by atoms with Crippen LogP contribution in [0.3, 0.4) is 0 Å². The molecular weight excluding hydrogens is 532 g/mol. The smallest absolute Gasteiger partial charge is 0.331 e. The molecule has 5 unspecified atom stereocenters. The van der Waals surface area contributed by atoms with Crippen LogP contribution in [-0.2, 0) is 19.2 Å². The Morgan fingerprint density at radius 1 is 1.12 bits per heavy atom. The molecule has 0 heterocycles. The first-order valence-electron chi connectivity index (χ1n) is 15.4. The summed E-state index contributed by atoms with van der Waals surface area (Å²) in [6.07, 6.45) is 14.2. The number of aliphatic hydroxyl groups excluding tert-OH is 1. The monoisotopic (exact) mass is 576 g/mol. The van der Waals surface area contributed by atoms with Crippen molar-refractivity contribution in [2.45, 2.75) is 89.9 Å². The van der Waals surface area contributed by atoms with E-state index in [1.807, 2.05) is 0 Å². The Morgan fingerprint density at radius 3 is 2.57 bits per heavy atom. The third-order valence-electron chi connectivity index (χ3n) is 11.1. The highest BCUT2D eigenvalue weighted by atomic mass is 16.6. The molecule has 0 saturated heterocycles. The minimum Gasteiger partial charge on any atom is -0.464 e. The zero-order valence-electron chi connectivity index (χ0n) is 25.0. The van der Waals surface area contributed by atoms with Gasteiger partial charge in [-0.2, -0.15) is 0 Å². The summed E-state index contributed by atoms with van der Waals surface area (Å²) in [6, 6.07) is 7.39. The number of allylic oxidation sites excluding steroid dienone is 2. The van der Waals surface area contributed by atoms with Gasteiger partial charge in [0.1, 0.15) is 11.7 Å². The van der Waals surface area contributed by atoms with E-state index in [1.54, 1.807) is 37.3 Å². The second-order valence-electron chi connectivity index (χ2n) is 13.0. The fourth-order valence-electron chi connectivity index (χ4n) is 8.63. The van der Waals surface area contributed by atoms with Gasteiger partial charge in [-0.05, 0) is 93.1 Å². The average Bonchev–Trinajstić information content (AvgIpc) is 3.27. The van der Waals surface area contributed by atoms with Gasteiger partial charge in [-0.3, -0.25) is 4.79 Å². The molecule has 8 nitrogen and oxygen atoms in total. The number of carbonyl (C=O) groups is 2. The van der Waals surface area contributed by atoms with Gasteiger partial charge in [0.2, 0.25) is 0 Å². The average molecular weight is 577 g/mol. The van der Waals surface area contributed by atoms with Crippen LogP contribution in [0, 0.1) is 40.9 Å². The molecule has 42 heavy (non-hydrogen) atoms. The van der Waals surface area contributed by atoms with E-state index in [9.17, 15) is 19.8 Å². The van der Waals surface area contributed by atoms with Crippen LogP contribution in [0.25, 0.3) is 0 Å². The van der Waals surface area contributed by atoms with Gasteiger partial charge in [0, 0.05) is 5.41 Å². The van der Waals surface area contributed by atoms with Gasteiger partial charge in [0.15, 0.2) is 12.6 Å². The lowest BCUT2D eigenvalue weighted by Gasteiger charge is -2.58. The van der Waals surface area contributed by atoms with Gasteiger partial charge < -0.3 is 25.1 Å². The van der Waals surface area contributed by atoms with E-state index in [0.29, 0.717) is 29.7 Å². The molecule has 0 aromatic heterocycles. The molecule has 1 aromatic carbocycles. The third-order valence-corrected chi connectivity index (χ3v) is 11.1. The standard InChI is InChI=1S/C34H44N2O6/c1-5-34(40)19-16-27-25-13-12-23-20-24(14-17-32(23,3)26(25)15-18-33(27,34)4)36-42-21-28(37)35-29(31(39)41-6-2)30(38)22-10-8-7-9-11-22/h1,7-11,20,25-27,29-30,38,40H,6,12-19,21H2,2-4H3,(H,35,37)/b36-24+/t25?,26?,27?,29?,30?,32-,33-,34+/m0/s1. The van der Waals surface area contributed by atoms with E-state index in [4.69, 9.17) is 16.0 Å². The van der Waals surface area contributed by atoms with Crippen molar-refractivity contribution in [3.63, 3.8) is 0 Å². The third kappa shape index (κ3) is 5.26. The van der Waals surface area contributed by atoms with E-state index in [2.05, 4.69) is 36.3 Å². The van der Waals surface area contributed by atoms with Crippen LogP contribution in [0.2, 0.25) is 0 Å². The first kappa shape index (κ1) is 30.3. The number of esters is 1. The topological polar surface area (TPSA) is 117 Å². The van der Waals surface area contributed by atoms with E-state index in [-0.39, 0.29) is 24.0 Å². The van der Waals surface area contributed by atoms with E-state index >= 15 is 0 Å². The molecule has 226 valence electrons. The van der Waals surface area contributed by atoms with Crippen LogP contribution in [-0.4, -0.2) is 52.7 Å². The predicted molar refractivity (Wildman–Crippen MR) is 159 cm³/mol. The van der Waals surface area contributed by atoms with Gasteiger partial charge in [0.25, 0.3) is 5.91 Å². The second-order valence-corrected chi connectivity index (χ2v) is 13.0. The zero-order valence-corrected chi connectivity index (χ0v) is 25.0. The number of hydrogen-bond acceptors (Lipinski definition) is 7. The van der Waals surface area contributed by atoms with Crippen molar-refractivity contribution < 1.29 is 29.4 Å². The number of aliphatic hydroxyl groups is 2. The summed E-state index contributed by atoms with van der Waals surface area (Å²) in [7, 11) is 0. The summed E-state index contributed by atoms with van der Waals surface area (Å²) in [6.45, 7) is 6.01. The fraction of sp³-hybridized carbons (Fsp3) is 0.618. The maximum atomic E-state index is 12.7. The van der Waals surface area contributed by atoms with Crippen molar-refractivity contribution in [3.05, 3.63) is 47.5 Å². The molecule has 1 amide bonds. The largest absolute Gasteiger partial charge is 0.464 e. The highest BCUT2D eigenvalue weighted by molar-refractivity contribution is 5.96. The molecule has 4 aliphatic carbocycles. The second kappa shape index (κ2) is 11.9. The number of ether oxygens (including phenoxy) is 1. The Bertz CT molecular complexity index is 1290. The lowest BCUT2D eigenvalue weighted by Crippen LogP contribution is -2.54. The van der Waals surface area contributed by atoms with Crippen LogP contribution in [0.4, 0.5) is 0 Å². The first-order chi connectivity index (χ1) is 20.1. The van der Waals surface area contributed by atoms with E-state index in [0.717, 1.165) is 50.7 Å². The summed E-state index contributed by atoms with van der Waals surface area (Å²) in [5, 5.41) is 28.8. The summed E-state index contributed by atoms with van der Waals surface area (Å²) >= 11 is 0. The highest BCUT2D eigenvalue weighted by Crippen LogP contribution is 2.67. The molecule has 0 bridgehead atoms. The molecular formula is C34H44N2O6. The SMILES string of the molecule is C#C[C@@]1(O)CCC2C3CCC4=C/C(=N/OCC(=O)NC(C(=O)OCC)C(O)c5ccccc5)CC[C@]4(C)C3CC[C@@]21C. The zero-order chi connectivity index (χ0) is 30.1. The predicted octanol–water partition coefficient (Wildman–Crippen LogP) is 4.47. The highest BCUT2D eigenvalue weighted by Gasteiger charge is 2.63. The molecule has 0 radical (unpaired) electrons. The normalized spacial score (nSPS) is 35.9. The quantitative estimate of drug-likeness (QED) is 0.239. The summed E-state index contributed by atoms with van der Waals surface area (Å²) < 4.78 is 5.08. The van der Waals surface area contributed by atoms with Gasteiger partial charge >= 0.3 is 5.97 Å². The number of oxime groups is 1. The van der Waals surface area contributed by atoms with Crippen molar-refractivity contribution in [1.29, 1.82) is 0 Å². The molecule has 1 aromatic rings. The minimum atomic E-state index is -1.27. The van der Waals surface area contributed by atoms with Gasteiger partial charge in [0.05, 0.1) is 12.3 Å². The Hall–Kier alpha value is -3.15. The van der Waals surface area contributed by atoms with E-state index < -0.39 is 29.6 Å². The molecule has 0 spiro atoms. The Morgan fingerprint density at radius 2 is 1.86 bits per heavy atom. The van der Waals surface area contributed by atoms with Crippen LogP contribution in [0.5, 0.6) is 0 Å². The Labute approximate surface area is 248 Å². The number of rotatable bonds is 8. The molecule has 8 heteroatoms. The molecule has 3 fully saturated rings. The van der Waals surface area contributed by atoms with E-state index in [1.165, 1.54) is 5.57 Å². The molecule has 8 atom stereocenters. The number of benzene rings is 1. The van der Waals surface area contributed by atoms with Crippen molar-refractivity contribution in [2.75, 3.05) is 13.2 Å². The molecule has 3 N–H and O–H groups in total. The van der Waals surface area contributed by atoms with Crippen molar-refractivity contribution in [3.8, 4) is 12.3 Å². The minimum absolute atomic E-state index is 0.0813. The van der Waals surface area contributed by atoms with Crippen molar-refractivity contribution in [2.24, 2.45) is 33.7 Å². The Kier molecular flexibility index (Phi) is 8.55. The number of terminal acetylenes is 1. The molecule has 4 aliphatic rings. The maximum absolute atomic E-state index is 12.7. The lowest BCUT2D eigenvalue weighted by atomic mass is 9.46. The van der Waals surface area contributed by atoms with Crippen LogP contribution in [0.1, 0.15) is 83.8 Å². The van der Waals surface area contributed by atoms with Crippen molar-refractivity contribution in [1.82, 2.24) is 5.32 Å². The van der Waals surface area contributed by atoms with Gasteiger partial charge in [-0.1, -0.05) is 60.8 Å². The summed E-state index contributed by atoms with van der Waals surface area (Å²) in [5.74, 6) is 3.03. The maximum Gasteiger partial charge on any atom is 0.331 e. The first-order valence-corrected chi connectivity index (χ1v) is 15.4. The summed E-state index contributed by atoms with van der Waals surface area (Å²) in [5.41, 5.74) is 1.57. The Balaban J connectivity index is 1.21. The number of amides is 1. The number of fused-ring (bicyclic) bond motifs is 5. The lowest BCUT2D eigenvalue weighted by molar-refractivity contribution is -0.151. The van der Waals surface area contributed by atoms with Crippen LogP contribution < -0.4 is 5.32 Å². The van der Waals surface area contributed by atoms with Gasteiger partial charge in [-0.15, -0.1) is 6.42 Å². The molecule has 3 saturated carbocycles. The van der Waals surface area contributed by atoms with Gasteiger partial charge in [-0.25, -0.2) is 4.79 Å². The molecule has 5 rings (SSSR count). The number of nitrogens with one attached hydrogen (secondary N) is 1.